The van der Waals surface area contributed by atoms with Gasteiger partial charge in [-0.25, -0.2) is 4.98 Å². The molecule has 1 aliphatic carbocycles. The minimum absolute atomic E-state index is 0. The highest BCUT2D eigenvalue weighted by Crippen LogP contribution is 2.40. The monoisotopic (exact) mass is 248 g/mol. The number of nitrogens with one attached hydrogen (secondary N) is 1. The molecule has 0 aromatic carbocycles. The van der Waals surface area contributed by atoms with Crippen LogP contribution < -0.4 is 0 Å². The van der Waals surface area contributed by atoms with Gasteiger partial charge in [-0.05, 0) is 25.7 Å². The highest BCUT2D eigenvalue weighted by atomic mass is 35.5. The summed E-state index contributed by atoms with van der Waals surface area (Å²) < 4.78 is 0. The van der Waals surface area contributed by atoms with Crippen LogP contribution in [0.4, 0.5) is 0 Å². The lowest BCUT2D eigenvalue weighted by atomic mass is 10.1. The molecule has 0 saturated heterocycles. The molecule has 1 fully saturated rings. The summed E-state index contributed by atoms with van der Waals surface area (Å²) in [7, 11) is 0. The molecule has 0 amide bonds. The van der Waals surface area contributed by atoms with Gasteiger partial charge in [-0.3, -0.25) is 0 Å². The Morgan fingerprint density at radius 3 is 2.47 bits per heavy atom. The summed E-state index contributed by atoms with van der Waals surface area (Å²) in [5, 5.41) is 0.0405. The first-order valence-corrected chi connectivity index (χ1v) is 5.73. The fraction of sp³-hybridized carbons (Fsp3) is 0.727. The number of H-pyrrole nitrogens is 1. The molecule has 1 aromatic heterocycles. The standard InChI is InChI=1S/C11H17ClN2.ClH/c1-6(2)9(12)10-7(3)13-11(14-10)8-4-5-8;/h6,8-9H,4-5H2,1-3H3,(H,13,14);1H. The smallest absolute Gasteiger partial charge is 0.109 e. The largest absolute Gasteiger partial charge is 0.346 e. The number of hydrogen-bond donors (Lipinski definition) is 1. The summed E-state index contributed by atoms with van der Waals surface area (Å²) in [6.45, 7) is 6.32. The van der Waals surface area contributed by atoms with Crippen LogP contribution in [0.2, 0.25) is 0 Å². The van der Waals surface area contributed by atoms with Gasteiger partial charge in [0.2, 0.25) is 0 Å². The predicted octanol–water partition coefficient (Wildman–Crippen LogP) is 3.95. The Morgan fingerprint density at radius 1 is 1.40 bits per heavy atom. The zero-order chi connectivity index (χ0) is 10.3. The Morgan fingerprint density at radius 2 is 2.00 bits per heavy atom. The molecule has 1 unspecified atom stereocenters. The van der Waals surface area contributed by atoms with Gasteiger partial charge in [0.15, 0.2) is 0 Å². The summed E-state index contributed by atoms with van der Waals surface area (Å²) in [6, 6.07) is 0. The fourth-order valence-electron chi connectivity index (χ4n) is 1.63. The van der Waals surface area contributed by atoms with Gasteiger partial charge in [-0.15, -0.1) is 24.0 Å². The van der Waals surface area contributed by atoms with Gasteiger partial charge < -0.3 is 4.98 Å². The van der Waals surface area contributed by atoms with Crippen molar-refractivity contribution in [1.82, 2.24) is 9.97 Å². The van der Waals surface area contributed by atoms with Crippen molar-refractivity contribution in [2.45, 2.75) is 44.9 Å². The van der Waals surface area contributed by atoms with Crippen molar-refractivity contribution in [1.29, 1.82) is 0 Å². The Bertz CT molecular complexity index is 329. The molecule has 2 rings (SSSR count). The molecule has 15 heavy (non-hydrogen) atoms. The van der Waals surface area contributed by atoms with E-state index in [2.05, 4.69) is 30.7 Å². The molecule has 1 heterocycles. The number of halogens is 2. The summed E-state index contributed by atoms with van der Waals surface area (Å²) in [4.78, 5) is 7.95. The zero-order valence-electron chi connectivity index (χ0n) is 9.38. The van der Waals surface area contributed by atoms with Crippen molar-refractivity contribution in [2.24, 2.45) is 5.92 Å². The lowest BCUT2D eigenvalue weighted by molar-refractivity contribution is 0.610. The van der Waals surface area contributed by atoms with E-state index in [1.807, 2.05) is 0 Å². The number of rotatable bonds is 3. The van der Waals surface area contributed by atoms with Crippen LogP contribution in [0, 0.1) is 12.8 Å². The van der Waals surface area contributed by atoms with Gasteiger partial charge in [-0.2, -0.15) is 0 Å². The molecule has 0 radical (unpaired) electrons. The molecule has 4 heteroatoms. The number of imidazole rings is 1. The van der Waals surface area contributed by atoms with Crippen LogP contribution in [0.15, 0.2) is 0 Å². The predicted molar refractivity (Wildman–Crippen MR) is 66.0 cm³/mol. The minimum atomic E-state index is 0. The zero-order valence-corrected chi connectivity index (χ0v) is 11.0. The van der Waals surface area contributed by atoms with E-state index in [0.29, 0.717) is 11.8 Å². The van der Waals surface area contributed by atoms with Gasteiger partial charge in [0, 0.05) is 11.6 Å². The Balaban J connectivity index is 0.00000112. The van der Waals surface area contributed by atoms with E-state index in [1.165, 1.54) is 12.8 Å². The number of aryl methyl sites for hydroxylation is 1. The summed E-state index contributed by atoms with van der Waals surface area (Å²) >= 11 is 6.30. The van der Waals surface area contributed by atoms with Crippen LogP contribution in [0.25, 0.3) is 0 Å². The van der Waals surface area contributed by atoms with E-state index in [9.17, 15) is 0 Å². The van der Waals surface area contributed by atoms with Crippen LogP contribution in [-0.4, -0.2) is 9.97 Å². The second kappa shape index (κ2) is 4.75. The van der Waals surface area contributed by atoms with Crippen LogP contribution in [-0.2, 0) is 0 Å². The molecule has 2 nitrogen and oxygen atoms in total. The van der Waals surface area contributed by atoms with E-state index in [1.54, 1.807) is 0 Å². The maximum Gasteiger partial charge on any atom is 0.109 e. The molecule has 1 N–H and O–H groups in total. The van der Waals surface area contributed by atoms with Crippen LogP contribution in [0.3, 0.4) is 0 Å². The van der Waals surface area contributed by atoms with Crippen molar-refractivity contribution in [3.05, 3.63) is 17.2 Å². The number of aromatic amines is 1. The average Bonchev–Trinajstić information content (AvgIpc) is 2.89. The minimum Gasteiger partial charge on any atom is -0.346 e. The molecule has 0 aliphatic heterocycles. The SMILES string of the molecule is Cc1[nH]c(C2CC2)nc1C(Cl)C(C)C.Cl. The summed E-state index contributed by atoms with van der Waals surface area (Å²) in [5.74, 6) is 2.26. The van der Waals surface area contributed by atoms with Crippen molar-refractivity contribution in [3.63, 3.8) is 0 Å². The fourth-order valence-corrected chi connectivity index (χ4v) is 1.84. The third kappa shape index (κ3) is 2.67. The van der Waals surface area contributed by atoms with Gasteiger partial charge in [0.05, 0.1) is 11.1 Å². The third-order valence-corrected chi connectivity index (χ3v) is 3.46. The van der Waals surface area contributed by atoms with Crippen LogP contribution >= 0.6 is 24.0 Å². The normalized spacial score (nSPS) is 17.7. The quantitative estimate of drug-likeness (QED) is 0.807. The maximum absolute atomic E-state index is 6.30. The average molecular weight is 249 g/mol. The van der Waals surface area contributed by atoms with E-state index in [0.717, 1.165) is 17.2 Å². The molecular weight excluding hydrogens is 231 g/mol. The first kappa shape index (κ1) is 12.9. The highest BCUT2D eigenvalue weighted by molar-refractivity contribution is 6.20. The van der Waals surface area contributed by atoms with E-state index < -0.39 is 0 Å². The van der Waals surface area contributed by atoms with Crippen LogP contribution in [0.1, 0.15) is 55.2 Å². The van der Waals surface area contributed by atoms with Gasteiger partial charge in [-0.1, -0.05) is 13.8 Å². The third-order valence-electron chi connectivity index (χ3n) is 2.75. The number of alkyl halides is 1. The molecule has 1 saturated carbocycles. The van der Waals surface area contributed by atoms with Crippen molar-refractivity contribution in [3.8, 4) is 0 Å². The van der Waals surface area contributed by atoms with E-state index >= 15 is 0 Å². The molecule has 86 valence electrons. The number of hydrogen-bond acceptors (Lipinski definition) is 1. The van der Waals surface area contributed by atoms with Gasteiger partial charge in [0.1, 0.15) is 5.82 Å². The van der Waals surface area contributed by atoms with Gasteiger partial charge >= 0.3 is 0 Å². The van der Waals surface area contributed by atoms with Gasteiger partial charge in [0.25, 0.3) is 0 Å². The first-order chi connectivity index (χ1) is 6.59. The lowest BCUT2D eigenvalue weighted by Crippen LogP contribution is -2.01. The molecule has 0 spiro atoms. The first-order valence-electron chi connectivity index (χ1n) is 5.30. The summed E-state index contributed by atoms with van der Waals surface area (Å²) in [5.41, 5.74) is 2.18. The number of nitrogens with zero attached hydrogens (tertiary/aromatic N) is 1. The molecule has 1 atom stereocenters. The Kier molecular flexibility index (Phi) is 4.07. The van der Waals surface area contributed by atoms with E-state index in [4.69, 9.17) is 11.6 Å². The lowest BCUT2D eigenvalue weighted by Gasteiger charge is -2.10. The van der Waals surface area contributed by atoms with Crippen molar-refractivity contribution >= 4 is 24.0 Å². The summed E-state index contributed by atoms with van der Waals surface area (Å²) in [6.07, 6.45) is 2.56. The topological polar surface area (TPSA) is 28.7 Å². The van der Waals surface area contributed by atoms with Crippen LogP contribution in [0.5, 0.6) is 0 Å². The van der Waals surface area contributed by atoms with Crippen molar-refractivity contribution in [2.75, 3.05) is 0 Å². The molecular formula is C11H18Cl2N2. The molecule has 0 bridgehead atoms. The second-order valence-corrected chi connectivity index (χ2v) is 5.02. The van der Waals surface area contributed by atoms with E-state index in [-0.39, 0.29) is 17.8 Å². The maximum atomic E-state index is 6.30. The van der Waals surface area contributed by atoms with Crippen molar-refractivity contribution < 1.29 is 0 Å². The molecule has 1 aromatic rings. The number of aromatic nitrogens is 2. The molecule has 1 aliphatic rings. The highest BCUT2D eigenvalue weighted by Gasteiger charge is 2.29. The Hall–Kier alpha value is -0.210. The Labute approximate surface area is 102 Å². The second-order valence-electron chi connectivity index (χ2n) is 4.55.